The van der Waals surface area contributed by atoms with Crippen molar-refractivity contribution in [3.8, 4) is 0 Å². The third-order valence-electron chi connectivity index (χ3n) is 5.01. The summed E-state index contributed by atoms with van der Waals surface area (Å²) >= 11 is 0. The van der Waals surface area contributed by atoms with Gasteiger partial charge < -0.3 is 10.2 Å². The Bertz CT molecular complexity index is 219. The van der Waals surface area contributed by atoms with Crippen molar-refractivity contribution in [3.05, 3.63) is 0 Å². The van der Waals surface area contributed by atoms with E-state index in [1.807, 2.05) is 0 Å². The lowest BCUT2D eigenvalue weighted by molar-refractivity contribution is 0.274. The highest BCUT2D eigenvalue weighted by atomic mass is 15.1. The van der Waals surface area contributed by atoms with Crippen LogP contribution in [0.3, 0.4) is 0 Å². The normalized spacial score (nSPS) is 39.0. The summed E-state index contributed by atoms with van der Waals surface area (Å²) in [4.78, 5) is 2.69. The van der Waals surface area contributed by atoms with Gasteiger partial charge in [-0.05, 0) is 50.1 Å². The summed E-state index contributed by atoms with van der Waals surface area (Å²) in [5.74, 6) is 2.76. The topological polar surface area (TPSA) is 15.3 Å². The second kappa shape index (κ2) is 6.19. The monoisotopic (exact) mass is 238 g/mol. The molecule has 0 bridgehead atoms. The SMILES string of the molecule is CCNC1CCCC1CCN1CC(C)C(C)C1. The van der Waals surface area contributed by atoms with Gasteiger partial charge in [-0.15, -0.1) is 0 Å². The molecule has 1 heterocycles. The van der Waals surface area contributed by atoms with Crippen molar-refractivity contribution >= 4 is 0 Å². The lowest BCUT2D eigenvalue weighted by Crippen LogP contribution is -2.34. The molecule has 1 N–H and O–H groups in total. The van der Waals surface area contributed by atoms with Crippen LogP contribution < -0.4 is 5.32 Å². The zero-order chi connectivity index (χ0) is 12.3. The van der Waals surface area contributed by atoms with Gasteiger partial charge >= 0.3 is 0 Å². The van der Waals surface area contributed by atoms with Crippen molar-refractivity contribution in [2.24, 2.45) is 17.8 Å². The number of hydrogen-bond acceptors (Lipinski definition) is 2. The van der Waals surface area contributed by atoms with Crippen LogP contribution in [0.5, 0.6) is 0 Å². The van der Waals surface area contributed by atoms with Gasteiger partial charge in [0.2, 0.25) is 0 Å². The van der Waals surface area contributed by atoms with Gasteiger partial charge in [0.25, 0.3) is 0 Å². The molecular weight excluding hydrogens is 208 g/mol. The van der Waals surface area contributed by atoms with Crippen LogP contribution in [0, 0.1) is 17.8 Å². The number of likely N-dealkylation sites (tertiary alicyclic amines) is 1. The van der Waals surface area contributed by atoms with Crippen LogP contribution in [-0.4, -0.2) is 37.1 Å². The second-order valence-corrected chi connectivity index (χ2v) is 6.36. The molecule has 1 aliphatic heterocycles. The Morgan fingerprint density at radius 3 is 2.47 bits per heavy atom. The number of nitrogens with one attached hydrogen (secondary N) is 1. The number of hydrogen-bond donors (Lipinski definition) is 1. The first-order chi connectivity index (χ1) is 8.20. The van der Waals surface area contributed by atoms with Gasteiger partial charge in [-0.25, -0.2) is 0 Å². The van der Waals surface area contributed by atoms with Crippen molar-refractivity contribution in [2.45, 2.75) is 52.5 Å². The molecule has 1 saturated heterocycles. The van der Waals surface area contributed by atoms with Crippen LogP contribution in [-0.2, 0) is 0 Å². The summed E-state index contributed by atoms with van der Waals surface area (Å²) in [6, 6.07) is 0.817. The van der Waals surface area contributed by atoms with E-state index in [4.69, 9.17) is 0 Å². The Morgan fingerprint density at radius 2 is 1.82 bits per heavy atom. The molecule has 2 rings (SSSR count). The van der Waals surface area contributed by atoms with Crippen molar-refractivity contribution in [1.29, 1.82) is 0 Å². The lowest BCUT2D eigenvalue weighted by atomic mass is 9.99. The molecule has 2 nitrogen and oxygen atoms in total. The summed E-state index contributed by atoms with van der Waals surface area (Å²) in [7, 11) is 0. The van der Waals surface area contributed by atoms with E-state index in [2.05, 4.69) is 31.0 Å². The molecule has 0 aromatic heterocycles. The standard InChI is InChI=1S/C15H30N2/c1-4-16-15-7-5-6-14(15)8-9-17-10-12(2)13(3)11-17/h12-16H,4-11H2,1-3H3. The van der Waals surface area contributed by atoms with E-state index in [0.717, 1.165) is 30.3 Å². The Labute approximate surface area is 107 Å². The smallest absolute Gasteiger partial charge is 0.00956 e. The van der Waals surface area contributed by atoms with Gasteiger partial charge in [0.1, 0.15) is 0 Å². The van der Waals surface area contributed by atoms with Crippen LogP contribution in [0.1, 0.15) is 46.5 Å². The zero-order valence-electron chi connectivity index (χ0n) is 11.9. The molecule has 4 atom stereocenters. The fraction of sp³-hybridized carbons (Fsp3) is 1.00. The molecule has 0 aromatic carbocycles. The molecule has 2 fully saturated rings. The minimum atomic E-state index is 0.817. The molecule has 0 amide bonds. The molecule has 17 heavy (non-hydrogen) atoms. The van der Waals surface area contributed by atoms with Gasteiger partial charge in [-0.1, -0.05) is 27.2 Å². The van der Waals surface area contributed by atoms with E-state index in [9.17, 15) is 0 Å². The fourth-order valence-corrected chi connectivity index (χ4v) is 3.69. The summed E-state index contributed by atoms with van der Waals surface area (Å²) in [6.07, 6.45) is 5.72. The lowest BCUT2D eigenvalue weighted by Gasteiger charge is -2.23. The Kier molecular flexibility index (Phi) is 4.87. The molecule has 2 aliphatic rings. The molecular formula is C15H30N2. The highest BCUT2D eigenvalue weighted by Crippen LogP contribution is 2.30. The molecule has 1 saturated carbocycles. The first kappa shape index (κ1) is 13.4. The first-order valence-electron chi connectivity index (χ1n) is 7.66. The average molecular weight is 238 g/mol. The van der Waals surface area contributed by atoms with E-state index in [1.165, 1.54) is 45.3 Å². The maximum absolute atomic E-state index is 3.67. The maximum Gasteiger partial charge on any atom is 0.00956 e. The summed E-state index contributed by atoms with van der Waals surface area (Å²) in [5.41, 5.74) is 0. The number of rotatable bonds is 5. The summed E-state index contributed by atoms with van der Waals surface area (Å²) in [6.45, 7) is 12.2. The Hall–Kier alpha value is -0.0800. The van der Waals surface area contributed by atoms with Gasteiger partial charge in [-0.3, -0.25) is 0 Å². The van der Waals surface area contributed by atoms with E-state index < -0.39 is 0 Å². The molecule has 0 radical (unpaired) electrons. The van der Waals surface area contributed by atoms with Crippen LogP contribution >= 0.6 is 0 Å². The minimum Gasteiger partial charge on any atom is -0.314 e. The maximum atomic E-state index is 3.67. The predicted molar refractivity (Wildman–Crippen MR) is 74.2 cm³/mol. The van der Waals surface area contributed by atoms with Crippen molar-refractivity contribution in [2.75, 3.05) is 26.2 Å². The van der Waals surface area contributed by atoms with E-state index in [0.29, 0.717) is 0 Å². The van der Waals surface area contributed by atoms with Crippen LogP contribution in [0.4, 0.5) is 0 Å². The molecule has 100 valence electrons. The van der Waals surface area contributed by atoms with Gasteiger partial charge in [0.05, 0.1) is 0 Å². The predicted octanol–water partition coefficient (Wildman–Crippen LogP) is 2.74. The molecule has 4 unspecified atom stereocenters. The van der Waals surface area contributed by atoms with E-state index in [1.54, 1.807) is 0 Å². The molecule has 0 aromatic rings. The third-order valence-corrected chi connectivity index (χ3v) is 5.01. The molecule has 2 heteroatoms. The Balaban J connectivity index is 1.71. The first-order valence-corrected chi connectivity index (χ1v) is 7.66. The minimum absolute atomic E-state index is 0.817. The van der Waals surface area contributed by atoms with Gasteiger partial charge in [0, 0.05) is 19.1 Å². The Morgan fingerprint density at radius 1 is 1.12 bits per heavy atom. The van der Waals surface area contributed by atoms with Gasteiger partial charge in [0.15, 0.2) is 0 Å². The number of nitrogens with zero attached hydrogens (tertiary/aromatic N) is 1. The fourth-order valence-electron chi connectivity index (χ4n) is 3.69. The summed E-state index contributed by atoms with van der Waals surface area (Å²) < 4.78 is 0. The van der Waals surface area contributed by atoms with Crippen molar-refractivity contribution < 1.29 is 0 Å². The van der Waals surface area contributed by atoms with Gasteiger partial charge in [-0.2, -0.15) is 0 Å². The highest BCUT2D eigenvalue weighted by Gasteiger charge is 2.29. The van der Waals surface area contributed by atoms with Crippen LogP contribution in [0.25, 0.3) is 0 Å². The second-order valence-electron chi connectivity index (χ2n) is 6.36. The van der Waals surface area contributed by atoms with E-state index in [-0.39, 0.29) is 0 Å². The quantitative estimate of drug-likeness (QED) is 0.792. The van der Waals surface area contributed by atoms with Crippen LogP contribution in [0.15, 0.2) is 0 Å². The third kappa shape index (κ3) is 3.45. The van der Waals surface area contributed by atoms with E-state index >= 15 is 0 Å². The molecule has 1 aliphatic carbocycles. The van der Waals surface area contributed by atoms with Crippen molar-refractivity contribution in [1.82, 2.24) is 10.2 Å². The highest BCUT2D eigenvalue weighted by molar-refractivity contribution is 4.85. The average Bonchev–Trinajstić information content (AvgIpc) is 2.85. The molecule has 0 spiro atoms. The van der Waals surface area contributed by atoms with Crippen molar-refractivity contribution in [3.63, 3.8) is 0 Å². The zero-order valence-corrected chi connectivity index (χ0v) is 11.9. The largest absolute Gasteiger partial charge is 0.314 e. The summed E-state index contributed by atoms with van der Waals surface area (Å²) in [5, 5.41) is 3.67. The van der Waals surface area contributed by atoms with Crippen LogP contribution in [0.2, 0.25) is 0 Å².